The van der Waals surface area contributed by atoms with Gasteiger partial charge >= 0.3 is 0 Å². The van der Waals surface area contributed by atoms with Gasteiger partial charge in [0.2, 0.25) is 0 Å². The maximum absolute atomic E-state index is 5.78. The van der Waals surface area contributed by atoms with Crippen molar-refractivity contribution in [2.75, 3.05) is 20.0 Å². The second-order valence-electron chi connectivity index (χ2n) is 3.24. The normalized spacial score (nSPS) is 13.5. The molecule has 0 aliphatic carbocycles. The van der Waals surface area contributed by atoms with Crippen LogP contribution in [0.1, 0.15) is 18.7 Å². The summed E-state index contributed by atoms with van der Waals surface area (Å²) in [6.07, 6.45) is -0.336. The van der Waals surface area contributed by atoms with Gasteiger partial charge in [0.25, 0.3) is 0 Å². The molecule has 0 saturated heterocycles. The summed E-state index contributed by atoms with van der Waals surface area (Å²) in [4.78, 5) is 0. The predicted molar refractivity (Wildman–Crippen MR) is 53.9 cm³/mol. The molecule has 14 heavy (non-hydrogen) atoms. The van der Waals surface area contributed by atoms with Gasteiger partial charge in [0.05, 0.1) is 5.69 Å². The van der Waals surface area contributed by atoms with Crippen molar-refractivity contribution in [3.05, 3.63) is 11.8 Å². The Balaban J connectivity index is 2.87. The Labute approximate surface area is 83.8 Å². The van der Waals surface area contributed by atoms with E-state index in [4.69, 9.17) is 15.2 Å². The van der Waals surface area contributed by atoms with Crippen molar-refractivity contribution in [3.63, 3.8) is 0 Å². The van der Waals surface area contributed by atoms with Crippen LogP contribution in [0.25, 0.3) is 0 Å². The van der Waals surface area contributed by atoms with E-state index in [9.17, 15) is 0 Å². The lowest BCUT2D eigenvalue weighted by atomic mass is 10.3. The average molecular weight is 199 g/mol. The van der Waals surface area contributed by atoms with Crippen LogP contribution >= 0.6 is 0 Å². The number of aromatic nitrogens is 2. The van der Waals surface area contributed by atoms with Crippen LogP contribution in [0.5, 0.6) is 0 Å². The van der Waals surface area contributed by atoms with Gasteiger partial charge in [-0.3, -0.25) is 0 Å². The molecular formula is C9H17N3O2. The van der Waals surface area contributed by atoms with Crippen molar-refractivity contribution in [2.45, 2.75) is 26.2 Å². The van der Waals surface area contributed by atoms with Gasteiger partial charge in [0, 0.05) is 20.3 Å². The van der Waals surface area contributed by atoms with Crippen molar-refractivity contribution < 1.29 is 9.47 Å². The third-order valence-electron chi connectivity index (χ3n) is 2.13. The Morgan fingerprint density at radius 1 is 1.43 bits per heavy atom. The van der Waals surface area contributed by atoms with E-state index in [0.29, 0.717) is 5.82 Å². The van der Waals surface area contributed by atoms with Crippen LogP contribution < -0.4 is 5.73 Å². The number of methoxy groups -OCH3 is 2. The molecule has 1 heterocycles. The number of nitrogens with two attached hydrogens (primary N) is 1. The maximum atomic E-state index is 5.78. The Bertz CT molecular complexity index is 294. The van der Waals surface area contributed by atoms with E-state index in [-0.39, 0.29) is 12.3 Å². The standard InChI is InChI=1S/C9H17N3O2/c1-6-5-8(10)12(11-6)7(2)9(13-3)14-4/h5,7,9H,10H2,1-4H3. The van der Waals surface area contributed by atoms with Crippen LogP contribution in [0, 0.1) is 6.92 Å². The molecule has 5 nitrogen and oxygen atoms in total. The molecule has 1 aromatic rings. The summed E-state index contributed by atoms with van der Waals surface area (Å²) in [7, 11) is 3.19. The molecule has 0 radical (unpaired) electrons. The van der Waals surface area contributed by atoms with Crippen LogP contribution in [-0.2, 0) is 9.47 Å². The van der Waals surface area contributed by atoms with Crippen molar-refractivity contribution in [3.8, 4) is 0 Å². The third kappa shape index (κ3) is 2.05. The zero-order valence-electron chi connectivity index (χ0n) is 9.02. The molecule has 0 spiro atoms. The highest BCUT2D eigenvalue weighted by Gasteiger charge is 2.20. The van der Waals surface area contributed by atoms with Crippen LogP contribution in [0.2, 0.25) is 0 Å². The average Bonchev–Trinajstić information content (AvgIpc) is 2.47. The molecule has 0 bridgehead atoms. The van der Waals surface area contributed by atoms with Crippen molar-refractivity contribution in [2.24, 2.45) is 0 Å². The van der Waals surface area contributed by atoms with E-state index in [2.05, 4.69) is 5.10 Å². The molecule has 1 unspecified atom stereocenters. The second-order valence-corrected chi connectivity index (χ2v) is 3.24. The van der Waals surface area contributed by atoms with E-state index < -0.39 is 0 Å². The van der Waals surface area contributed by atoms with Crippen molar-refractivity contribution in [1.29, 1.82) is 0 Å². The first-order chi connectivity index (χ1) is 6.60. The first kappa shape index (κ1) is 11.0. The second kappa shape index (κ2) is 4.43. The first-order valence-corrected chi connectivity index (χ1v) is 4.47. The number of hydrogen-bond acceptors (Lipinski definition) is 4. The summed E-state index contributed by atoms with van der Waals surface area (Å²) < 4.78 is 12.0. The molecule has 2 N–H and O–H groups in total. The molecule has 1 atom stereocenters. The number of nitrogens with zero attached hydrogens (tertiary/aromatic N) is 2. The molecule has 5 heteroatoms. The van der Waals surface area contributed by atoms with E-state index in [1.54, 1.807) is 18.9 Å². The SMILES string of the molecule is COC(OC)C(C)n1nc(C)cc1N. The topological polar surface area (TPSA) is 62.3 Å². The Morgan fingerprint density at radius 2 is 2.00 bits per heavy atom. The van der Waals surface area contributed by atoms with Gasteiger partial charge in [-0.25, -0.2) is 4.68 Å². The maximum Gasteiger partial charge on any atom is 0.178 e. The fraction of sp³-hybridized carbons (Fsp3) is 0.667. The lowest BCUT2D eigenvalue weighted by Gasteiger charge is -2.22. The summed E-state index contributed by atoms with van der Waals surface area (Å²) in [6.45, 7) is 3.84. The number of aryl methyl sites for hydroxylation is 1. The smallest absolute Gasteiger partial charge is 0.178 e. The molecule has 0 aliphatic heterocycles. The molecule has 0 saturated carbocycles. The molecule has 0 fully saturated rings. The van der Waals surface area contributed by atoms with Crippen molar-refractivity contribution in [1.82, 2.24) is 9.78 Å². The summed E-state index contributed by atoms with van der Waals surface area (Å²) in [5.74, 6) is 0.620. The molecule has 0 amide bonds. The quantitative estimate of drug-likeness (QED) is 0.733. The predicted octanol–water partition coefficient (Wildman–Crippen LogP) is 0.954. The summed E-state index contributed by atoms with van der Waals surface area (Å²) in [6, 6.07) is 1.78. The van der Waals surface area contributed by atoms with Crippen LogP contribution in [0.3, 0.4) is 0 Å². The van der Waals surface area contributed by atoms with Gasteiger partial charge in [-0.05, 0) is 13.8 Å². The van der Waals surface area contributed by atoms with Gasteiger partial charge in [-0.2, -0.15) is 5.10 Å². The van der Waals surface area contributed by atoms with Crippen LogP contribution in [0.4, 0.5) is 5.82 Å². The van der Waals surface area contributed by atoms with Gasteiger partial charge in [0.15, 0.2) is 6.29 Å². The Hall–Kier alpha value is -1.07. The molecule has 1 rings (SSSR count). The monoisotopic (exact) mass is 199 g/mol. The lowest BCUT2D eigenvalue weighted by molar-refractivity contribution is -0.129. The molecular weight excluding hydrogens is 182 g/mol. The first-order valence-electron chi connectivity index (χ1n) is 4.47. The zero-order valence-corrected chi connectivity index (χ0v) is 9.02. The van der Waals surface area contributed by atoms with E-state index in [0.717, 1.165) is 5.69 Å². The summed E-state index contributed by atoms with van der Waals surface area (Å²) in [5, 5.41) is 4.26. The number of hydrogen-bond donors (Lipinski definition) is 1. The Morgan fingerprint density at radius 3 is 2.36 bits per heavy atom. The molecule has 80 valence electrons. The minimum absolute atomic E-state index is 0.0429. The fourth-order valence-electron chi connectivity index (χ4n) is 1.47. The number of rotatable bonds is 4. The van der Waals surface area contributed by atoms with Crippen molar-refractivity contribution >= 4 is 5.82 Å². The summed E-state index contributed by atoms with van der Waals surface area (Å²) in [5.41, 5.74) is 6.67. The van der Waals surface area contributed by atoms with Gasteiger partial charge in [0.1, 0.15) is 11.9 Å². The summed E-state index contributed by atoms with van der Waals surface area (Å²) >= 11 is 0. The van der Waals surface area contributed by atoms with Gasteiger partial charge < -0.3 is 15.2 Å². The lowest BCUT2D eigenvalue weighted by Crippen LogP contribution is -2.27. The van der Waals surface area contributed by atoms with E-state index >= 15 is 0 Å². The van der Waals surface area contributed by atoms with Crippen LogP contribution in [-0.4, -0.2) is 30.3 Å². The van der Waals surface area contributed by atoms with Crippen LogP contribution in [0.15, 0.2) is 6.07 Å². The zero-order chi connectivity index (χ0) is 10.7. The number of nitrogen functional groups attached to an aromatic ring is 1. The fourth-order valence-corrected chi connectivity index (χ4v) is 1.47. The molecule has 1 aromatic heterocycles. The third-order valence-corrected chi connectivity index (χ3v) is 2.13. The van der Waals surface area contributed by atoms with Gasteiger partial charge in [-0.15, -0.1) is 0 Å². The highest BCUT2D eigenvalue weighted by Crippen LogP contribution is 2.18. The molecule has 0 aromatic carbocycles. The highest BCUT2D eigenvalue weighted by molar-refractivity contribution is 5.30. The largest absolute Gasteiger partial charge is 0.384 e. The Kier molecular flexibility index (Phi) is 3.49. The minimum atomic E-state index is -0.336. The molecule has 0 aliphatic rings. The number of ether oxygens (including phenoxy) is 2. The highest BCUT2D eigenvalue weighted by atomic mass is 16.7. The minimum Gasteiger partial charge on any atom is -0.384 e. The van der Waals surface area contributed by atoms with E-state index in [1.165, 1.54) is 0 Å². The number of anilines is 1. The van der Waals surface area contributed by atoms with E-state index in [1.807, 2.05) is 19.9 Å². The van der Waals surface area contributed by atoms with Gasteiger partial charge in [-0.1, -0.05) is 0 Å².